The van der Waals surface area contributed by atoms with Gasteiger partial charge >= 0.3 is 0 Å². The molecule has 3 heterocycles. The maximum atomic E-state index is 4.70. The second kappa shape index (κ2) is 15.2. The number of rotatable bonds is 9. The van der Waals surface area contributed by atoms with Crippen LogP contribution in [0.2, 0.25) is 0 Å². The van der Waals surface area contributed by atoms with Gasteiger partial charge in [0.15, 0.2) is 0 Å². The van der Waals surface area contributed by atoms with Gasteiger partial charge in [-0.05, 0) is 143 Å². The summed E-state index contributed by atoms with van der Waals surface area (Å²) in [5, 5.41) is 2.38. The van der Waals surface area contributed by atoms with Gasteiger partial charge in [0.2, 0.25) is 0 Å². The van der Waals surface area contributed by atoms with Crippen LogP contribution in [0.5, 0.6) is 0 Å². The van der Waals surface area contributed by atoms with Crippen LogP contribution < -0.4 is 4.90 Å². The fourth-order valence-corrected chi connectivity index (χ4v) is 9.28. The second-order valence-electron chi connectivity index (χ2n) is 16.5. The highest BCUT2D eigenvalue weighted by molar-refractivity contribution is 6.11. The number of allylic oxidation sites excluding steroid dienone is 5. The van der Waals surface area contributed by atoms with Crippen molar-refractivity contribution in [3.63, 3.8) is 0 Å². The largest absolute Gasteiger partial charge is 0.310 e. The minimum absolute atomic E-state index is 0.123. The first-order valence-corrected chi connectivity index (χ1v) is 20.9. The lowest BCUT2D eigenvalue weighted by molar-refractivity contribution is 0.654. The van der Waals surface area contributed by atoms with Crippen molar-refractivity contribution in [3.8, 4) is 39.3 Å². The van der Waals surface area contributed by atoms with E-state index in [-0.39, 0.29) is 5.41 Å². The third-order valence-corrected chi connectivity index (χ3v) is 12.3. The average Bonchev–Trinajstić information content (AvgIpc) is 3.72. The molecule has 0 aliphatic heterocycles. The molecule has 0 spiro atoms. The van der Waals surface area contributed by atoms with Crippen molar-refractivity contribution in [2.24, 2.45) is 0 Å². The van der Waals surface area contributed by atoms with Crippen LogP contribution >= 0.6 is 0 Å². The number of fused-ring (bicyclic) bond motifs is 4. The van der Waals surface area contributed by atoms with E-state index in [1.54, 1.807) is 0 Å². The van der Waals surface area contributed by atoms with Gasteiger partial charge in [-0.1, -0.05) is 123 Å². The molecule has 4 nitrogen and oxygen atoms in total. The zero-order valence-corrected chi connectivity index (χ0v) is 35.0. The van der Waals surface area contributed by atoms with Crippen molar-refractivity contribution in [1.82, 2.24) is 14.5 Å². The molecule has 0 bridgehead atoms. The lowest BCUT2D eigenvalue weighted by Crippen LogP contribution is -2.16. The molecule has 10 rings (SSSR count). The van der Waals surface area contributed by atoms with Crippen molar-refractivity contribution in [2.75, 3.05) is 4.90 Å². The Balaban J connectivity index is 1.12. The molecule has 294 valence electrons. The molecule has 3 aromatic heterocycles. The highest BCUT2D eigenvalue weighted by Crippen LogP contribution is 2.48. The summed E-state index contributed by atoms with van der Waals surface area (Å²) in [5.74, 6) is 0. The quantitative estimate of drug-likeness (QED) is 0.137. The van der Waals surface area contributed by atoms with E-state index in [4.69, 9.17) is 4.98 Å². The minimum Gasteiger partial charge on any atom is -0.310 e. The van der Waals surface area contributed by atoms with Gasteiger partial charge in [-0.2, -0.15) is 0 Å². The molecule has 9 aromatic rings. The van der Waals surface area contributed by atoms with E-state index >= 15 is 0 Å². The first-order chi connectivity index (χ1) is 29.8. The predicted molar refractivity (Wildman–Crippen MR) is 257 cm³/mol. The molecule has 0 saturated heterocycles. The van der Waals surface area contributed by atoms with Crippen LogP contribution in [0.4, 0.5) is 17.1 Å². The van der Waals surface area contributed by atoms with Gasteiger partial charge in [-0.15, -0.1) is 0 Å². The van der Waals surface area contributed by atoms with Crippen molar-refractivity contribution in [3.05, 3.63) is 223 Å². The van der Waals surface area contributed by atoms with Crippen LogP contribution in [0.15, 0.2) is 207 Å². The number of aromatic nitrogens is 3. The predicted octanol–water partition coefficient (Wildman–Crippen LogP) is 15.2. The monoisotopic (exact) mass is 786 g/mol. The maximum absolute atomic E-state index is 4.70. The number of aryl methyl sites for hydroxylation is 1. The molecule has 1 aliphatic rings. The van der Waals surface area contributed by atoms with E-state index in [1.807, 2.05) is 42.7 Å². The summed E-state index contributed by atoms with van der Waals surface area (Å²) < 4.78 is 2.35. The van der Waals surface area contributed by atoms with Crippen LogP contribution in [0.3, 0.4) is 0 Å². The Hall–Kier alpha value is -7.56. The highest BCUT2D eigenvalue weighted by Gasteiger charge is 2.35. The van der Waals surface area contributed by atoms with Crippen molar-refractivity contribution in [1.29, 1.82) is 0 Å². The first kappa shape index (κ1) is 37.7. The van der Waals surface area contributed by atoms with Crippen molar-refractivity contribution in [2.45, 2.75) is 33.1 Å². The van der Waals surface area contributed by atoms with E-state index in [9.17, 15) is 0 Å². The van der Waals surface area contributed by atoms with E-state index in [0.717, 1.165) is 45.2 Å². The summed E-state index contributed by atoms with van der Waals surface area (Å²) in [4.78, 5) is 11.7. The molecule has 0 radical (unpaired) electrons. The second-order valence-corrected chi connectivity index (χ2v) is 16.5. The van der Waals surface area contributed by atoms with Gasteiger partial charge in [-0.25, -0.2) is 0 Å². The summed E-state index contributed by atoms with van der Waals surface area (Å²) in [7, 11) is 0. The molecule has 0 fully saturated rings. The zero-order chi connectivity index (χ0) is 41.7. The fraction of sp³-hybridized carbons (Fsp3) is 0.0877. The first-order valence-electron chi connectivity index (χ1n) is 20.9. The summed E-state index contributed by atoms with van der Waals surface area (Å²) in [6.45, 7) is 13.0. The number of nitrogens with zero attached hydrogens (tertiary/aromatic N) is 4. The summed E-state index contributed by atoms with van der Waals surface area (Å²) in [6.07, 6.45) is 9.82. The van der Waals surface area contributed by atoms with Crippen LogP contribution in [-0.4, -0.2) is 14.5 Å². The van der Waals surface area contributed by atoms with E-state index in [1.165, 1.54) is 60.9 Å². The lowest BCUT2D eigenvalue weighted by atomic mass is 9.80. The molecular formula is C57H46N4. The van der Waals surface area contributed by atoms with Gasteiger partial charge in [0, 0.05) is 51.3 Å². The smallest absolute Gasteiger partial charge is 0.0906 e. The van der Waals surface area contributed by atoms with Crippen LogP contribution in [0, 0.1) is 6.92 Å². The van der Waals surface area contributed by atoms with E-state index in [2.05, 4.69) is 200 Å². The van der Waals surface area contributed by atoms with Gasteiger partial charge in [0.05, 0.1) is 22.4 Å². The van der Waals surface area contributed by atoms with E-state index < -0.39 is 0 Å². The Morgan fingerprint density at radius 2 is 1.23 bits per heavy atom. The zero-order valence-electron chi connectivity index (χ0n) is 35.0. The van der Waals surface area contributed by atoms with E-state index in [0.29, 0.717) is 0 Å². The number of benzene rings is 6. The Labute approximate surface area is 358 Å². The summed E-state index contributed by atoms with van der Waals surface area (Å²) >= 11 is 0. The molecule has 0 saturated carbocycles. The average molecular weight is 787 g/mol. The Bertz CT molecular complexity index is 3190. The number of hydrogen-bond acceptors (Lipinski definition) is 3. The van der Waals surface area contributed by atoms with Gasteiger partial charge in [-0.3, -0.25) is 9.97 Å². The number of anilines is 3. The van der Waals surface area contributed by atoms with Gasteiger partial charge < -0.3 is 9.47 Å². The van der Waals surface area contributed by atoms with Crippen LogP contribution in [0.25, 0.3) is 66.7 Å². The third-order valence-electron chi connectivity index (χ3n) is 12.3. The molecule has 1 aliphatic carbocycles. The van der Waals surface area contributed by atoms with Gasteiger partial charge in [0.25, 0.3) is 0 Å². The van der Waals surface area contributed by atoms with Crippen molar-refractivity contribution < 1.29 is 0 Å². The van der Waals surface area contributed by atoms with Crippen LogP contribution in [-0.2, 0) is 5.41 Å². The highest BCUT2D eigenvalue weighted by atomic mass is 15.1. The maximum Gasteiger partial charge on any atom is 0.0906 e. The fourth-order valence-electron chi connectivity index (χ4n) is 9.28. The molecule has 6 aromatic carbocycles. The molecule has 0 N–H and O–H groups in total. The van der Waals surface area contributed by atoms with Crippen LogP contribution in [0.1, 0.15) is 37.5 Å². The van der Waals surface area contributed by atoms with Gasteiger partial charge in [0.1, 0.15) is 0 Å². The molecule has 0 atom stereocenters. The molecule has 4 heteroatoms. The summed E-state index contributed by atoms with van der Waals surface area (Å²) in [5.41, 5.74) is 19.4. The third kappa shape index (κ3) is 6.67. The molecule has 61 heavy (non-hydrogen) atoms. The molecule has 0 amide bonds. The number of hydrogen-bond donors (Lipinski definition) is 0. The lowest BCUT2D eigenvalue weighted by Gasteiger charge is -2.27. The number of pyridine rings is 2. The Morgan fingerprint density at radius 1 is 0.557 bits per heavy atom. The Kier molecular flexibility index (Phi) is 9.41. The normalized spacial score (nSPS) is 13.3. The SMILES string of the molecule is C=C/C=C\C1=C(C)c2ccc(-c3cccc(N(c4ccc(-c5ccccc5)cc4)c4ccc5c(c4)c4cc(C)ccc4n5-c4ccnc(-c5ccccn5)c4)c3)cc2C1(C)C. The minimum atomic E-state index is -0.123. The van der Waals surface area contributed by atoms with Crippen molar-refractivity contribution >= 4 is 44.4 Å². The summed E-state index contributed by atoms with van der Waals surface area (Å²) in [6, 6.07) is 59.3. The topological polar surface area (TPSA) is 34.0 Å². The molecule has 0 unspecified atom stereocenters. The standard InChI is InChI=1S/C57H46N4/c1-6-7-18-51-39(3)48-27-23-43(35-52(48)57(51,4)5)42-16-13-17-45(34-42)60(44-24-21-41(22-25-44)40-14-9-8-10-15-40)46-26-29-56-50(36-46)49-33-38(2)20-28-55(49)61(56)47-30-32-59-54(37-47)53-19-11-12-31-58-53/h6-37H,1H2,2-5H3/b18-7-. The Morgan fingerprint density at radius 3 is 2.02 bits per heavy atom. The molecular weight excluding hydrogens is 741 g/mol.